The number of carbonyl (C=O) groups is 1. The topological polar surface area (TPSA) is 43.1 Å². The van der Waals surface area contributed by atoms with E-state index in [0.29, 0.717) is 12.1 Å². The fourth-order valence-corrected chi connectivity index (χ4v) is 1.86. The molecular weight excluding hydrogens is 174 g/mol. The highest BCUT2D eigenvalue weighted by Gasteiger charge is 2.20. The molecule has 0 saturated heterocycles. The fourth-order valence-electron chi connectivity index (χ4n) is 1.86. The normalized spacial score (nSPS) is 21.9. The van der Waals surface area contributed by atoms with Gasteiger partial charge in [0.1, 0.15) is 0 Å². The van der Waals surface area contributed by atoms with Crippen LogP contribution in [0.25, 0.3) is 0 Å². The first-order valence-corrected chi connectivity index (χ1v) is 4.82. The quantitative estimate of drug-likeness (QED) is 0.730. The second-order valence-corrected chi connectivity index (χ2v) is 3.61. The maximum atomic E-state index is 11.1. The Labute approximate surface area is 83.4 Å². The van der Waals surface area contributed by atoms with E-state index in [0.717, 1.165) is 6.42 Å². The van der Waals surface area contributed by atoms with Crippen molar-refractivity contribution in [2.45, 2.75) is 18.8 Å². The van der Waals surface area contributed by atoms with Gasteiger partial charge in [-0.05, 0) is 12.0 Å². The van der Waals surface area contributed by atoms with Crippen LogP contribution in [0.2, 0.25) is 0 Å². The van der Waals surface area contributed by atoms with Gasteiger partial charge in [0.25, 0.3) is 0 Å². The van der Waals surface area contributed by atoms with Crippen LogP contribution in [0.4, 0.5) is 0 Å². The van der Waals surface area contributed by atoms with Crippen molar-refractivity contribution in [1.29, 1.82) is 0 Å². The van der Waals surface area contributed by atoms with Gasteiger partial charge in [0.05, 0.1) is 0 Å². The molecule has 0 amide bonds. The van der Waals surface area contributed by atoms with Crippen molar-refractivity contribution < 1.29 is 4.79 Å². The molecule has 1 aliphatic carbocycles. The minimum Gasteiger partial charge on any atom is -0.401 e. The molecule has 72 valence electrons. The highest BCUT2D eigenvalue weighted by Crippen LogP contribution is 2.29. The largest absolute Gasteiger partial charge is 0.401 e. The van der Waals surface area contributed by atoms with Crippen molar-refractivity contribution in [3.8, 4) is 0 Å². The lowest BCUT2D eigenvalue weighted by Crippen LogP contribution is -2.18. The highest BCUT2D eigenvalue weighted by molar-refractivity contribution is 5.91. The molecule has 0 bridgehead atoms. The van der Waals surface area contributed by atoms with Gasteiger partial charge in [0, 0.05) is 24.1 Å². The third kappa shape index (κ3) is 1.69. The van der Waals surface area contributed by atoms with Gasteiger partial charge in [0.15, 0.2) is 5.78 Å². The molecule has 2 N–H and O–H groups in total. The van der Waals surface area contributed by atoms with E-state index in [9.17, 15) is 4.79 Å². The Morgan fingerprint density at radius 3 is 2.57 bits per heavy atom. The summed E-state index contributed by atoms with van der Waals surface area (Å²) in [7, 11) is 0. The number of hydrogen-bond donors (Lipinski definition) is 1. The molecule has 2 heteroatoms. The van der Waals surface area contributed by atoms with Gasteiger partial charge in [-0.2, -0.15) is 0 Å². The molecule has 0 aromatic heterocycles. The SMILES string of the molecule is NC1=CC(=O)CCC1c1ccccc1. The first kappa shape index (κ1) is 9.00. The van der Waals surface area contributed by atoms with Gasteiger partial charge >= 0.3 is 0 Å². The van der Waals surface area contributed by atoms with Crippen LogP contribution in [0.15, 0.2) is 42.1 Å². The lowest BCUT2D eigenvalue weighted by atomic mass is 9.86. The number of benzene rings is 1. The smallest absolute Gasteiger partial charge is 0.157 e. The first-order chi connectivity index (χ1) is 6.77. The van der Waals surface area contributed by atoms with E-state index < -0.39 is 0 Å². The van der Waals surface area contributed by atoms with E-state index in [1.54, 1.807) is 6.08 Å². The average Bonchev–Trinajstić information content (AvgIpc) is 2.19. The van der Waals surface area contributed by atoms with Gasteiger partial charge in [-0.15, -0.1) is 0 Å². The lowest BCUT2D eigenvalue weighted by molar-refractivity contribution is -0.115. The predicted octanol–water partition coefficient (Wildman–Crippen LogP) is 1.98. The minimum atomic E-state index is 0.148. The number of allylic oxidation sites excluding steroid dienone is 2. The maximum absolute atomic E-state index is 11.1. The lowest BCUT2D eigenvalue weighted by Gasteiger charge is -2.20. The third-order valence-corrected chi connectivity index (χ3v) is 2.61. The summed E-state index contributed by atoms with van der Waals surface area (Å²) < 4.78 is 0. The molecule has 2 nitrogen and oxygen atoms in total. The minimum absolute atomic E-state index is 0.148. The summed E-state index contributed by atoms with van der Waals surface area (Å²) in [6, 6.07) is 10.1. The molecule has 0 spiro atoms. The van der Waals surface area contributed by atoms with Gasteiger partial charge in [-0.25, -0.2) is 0 Å². The molecule has 0 heterocycles. The zero-order valence-electron chi connectivity index (χ0n) is 7.94. The molecule has 0 saturated carbocycles. The second-order valence-electron chi connectivity index (χ2n) is 3.61. The zero-order valence-corrected chi connectivity index (χ0v) is 7.94. The van der Waals surface area contributed by atoms with E-state index in [4.69, 9.17) is 5.73 Å². The van der Waals surface area contributed by atoms with Crippen LogP contribution in [-0.4, -0.2) is 5.78 Å². The van der Waals surface area contributed by atoms with E-state index in [-0.39, 0.29) is 11.7 Å². The zero-order chi connectivity index (χ0) is 9.97. The molecule has 14 heavy (non-hydrogen) atoms. The molecular formula is C12H13NO. The van der Waals surface area contributed by atoms with E-state index in [1.165, 1.54) is 5.56 Å². The van der Waals surface area contributed by atoms with Crippen LogP contribution in [0, 0.1) is 0 Å². The highest BCUT2D eigenvalue weighted by atomic mass is 16.1. The Bertz CT molecular complexity index is 367. The molecule has 0 fully saturated rings. The number of ketones is 1. The Balaban J connectivity index is 2.29. The summed E-state index contributed by atoms with van der Waals surface area (Å²) in [4.78, 5) is 11.1. The molecule has 2 rings (SSSR count). The second kappa shape index (κ2) is 3.66. The van der Waals surface area contributed by atoms with Gasteiger partial charge in [-0.1, -0.05) is 30.3 Å². The van der Waals surface area contributed by atoms with Gasteiger partial charge in [-0.3, -0.25) is 4.79 Å². The van der Waals surface area contributed by atoms with E-state index >= 15 is 0 Å². The molecule has 1 aromatic rings. The average molecular weight is 187 g/mol. The summed E-state index contributed by atoms with van der Waals surface area (Å²) in [5, 5.41) is 0. The van der Waals surface area contributed by atoms with Crippen LogP contribution in [0.1, 0.15) is 24.3 Å². The van der Waals surface area contributed by atoms with Crippen molar-refractivity contribution in [2.24, 2.45) is 5.73 Å². The maximum Gasteiger partial charge on any atom is 0.157 e. The summed E-state index contributed by atoms with van der Waals surface area (Å²) in [6.45, 7) is 0. The summed E-state index contributed by atoms with van der Waals surface area (Å²) in [5.41, 5.74) is 7.75. The van der Waals surface area contributed by atoms with Crippen molar-refractivity contribution in [3.05, 3.63) is 47.7 Å². The summed E-state index contributed by atoms with van der Waals surface area (Å²) in [6.07, 6.45) is 3.02. The fraction of sp³-hybridized carbons (Fsp3) is 0.250. The Hall–Kier alpha value is -1.57. The number of carbonyl (C=O) groups excluding carboxylic acids is 1. The number of rotatable bonds is 1. The van der Waals surface area contributed by atoms with Gasteiger partial charge < -0.3 is 5.73 Å². The van der Waals surface area contributed by atoms with Crippen LogP contribution in [0.3, 0.4) is 0 Å². The van der Waals surface area contributed by atoms with Crippen LogP contribution in [-0.2, 0) is 4.79 Å². The molecule has 1 atom stereocenters. The molecule has 0 radical (unpaired) electrons. The molecule has 1 aromatic carbocycles. The standard InChI is InChI=1S/C12H13NO/c13-12-8-10(14)6-7-11(12)9-4-2-1-3-5-9/h1-5,8,11H,6-7,13H2. The van der Waals surface area contributed by atoms with Crippen molar-refractivity contribution >= 4 is 5.78 Å². The van der Waals surface area contributed by atoms with E-state index in [2.05, 4.69) is 12.1 Å². The van der Waals surface area contributed by atoms with Crippen molar-refractivity contribution in [1.82, 2.24) is 0 Å². The summed E-state index contributed by atoms with van der Waals surface area (Å²) >= 11 is 0. The Morgan fingerprint density at radius 1 is 1.21 bits per heavy atom. The van der Waals surface area contributed by atoms with Crippen LogP contribution in [0.5, 0.6) is 0 Å². The Morgan fingerprint density at radius 2 is 1.93 bits per heavy atom. The monoisotopic (exact) mass is 187 g/mol. The molecule has 1 aliphatic rings. The Kier molecular flexibility index (Phi) is 2.35. The first-order valence-electron chi connectivity index (χ1n) is 4.82. The summed E-state index contributed by atoms with van der Waals surface area (Å²) in [5.74, 6) is 0.378. The molecule has 1 unspecified atom stereocenters. The van der Waals surface area contributed by atoms with Crippen molar-refractivity contribution in [2.75, 3.05) is 0 Å². The molecule has 0 aliphatic heterocycles. The third-order valence-electron chi connectivity index (χ3n) is 2.61. The van der Waals surface area contributed by atoms with Crippen LogP contribution < -0.4 is 5.73 Å². The predicted molar refractivity (Wildman–Crippen MR) is 55.7 cm³/mol. The van der Waals surface area contributed by atoms with Gasteiger partial charge in [0.2, 0.25) is 0 Å². The van der Waals surface area contributed by atoms with E-state index in [1.807, 2.05) is 18.2 Å². The number of hydrogen-bond acceptors (Lipinski definition) is 2. The van der Waals surface area contributed by atoms with Crippen molar-refractivity contribution in [3.63, 3.8) is 0 Å². The number of nitrogens with two attached hydrogens (primary N) is 1. The van der Waals surface area contributed by atoms with Crippen LogP contribution >= 0.6 is 0 Å².